The van der Waals surface area contributed by atoms with Gasteiger partial charge < -0.3 is 29.3 Å². The lowest BCUT2D eigenvalue weighted by atomic mass is 10.2. The van der Waals surface area contributed by atoms with E-state index in [-0.39, 0.29) is 12.8 Å². The molecule has 1 aromatic rings. The van der Waals surface area contributed by atoms with Crippen LogP contribution in [0.1, 0.15) is 25.5 Å². The van der Waals surface area contributed by atoms with Crippen molar-refractivity contribution in [2.45, 2.75) is 31.3 Å². The zero-order valence-corrected chi connectivity index (χ0v) is 12.8. The summed E-state index contributed by atoms with van der Waals surface area (Å²) in [5.74, 6) is -1.12. The van der Waals surface area contributed by atoms with Crippen molar-refractivity contribution in [3.05, 3.63) is 18.2 Å². The summed E-state index contributed by atoms with van der Waals surface area (Å²) in [6.45, 7) is 1.33. The lowest BCUT2D eigenvalue weighted by molar-refractivity contribution is -0.149. The van der Waals surface area contributed by atoms with Crippen molar-refractivity contribution in [3.63, 3.8) is 0 Å². The van der Waals surface area contributed by atoms with Gasteiger partial charge in [-0.3, -0.25) is 13.9 Å². The second-order valence-electron chi connectivity index (χ2n) is 4.24. The summed E-state index contributed by atoms with van der Waals surface area (Å²) in [5, 5.41) is -3.20. The fourth-order valence-corrected chi connectivity index (χ4v) is 4.21. The highest BCUT2D eigenvalue weighted by atomic mass is 31.2. The topological polar surface area (TPSA) is 170 Å². The minimum atomic E-state index is -5.45. The Morgan fingerprint density at radius 2 is 1.90 bits per heavy atom. The number of esters is 1. The van der Waals surface area contributed by atoms with Gasteiger partial charge in [0, 0.05) is 24.7 Å². The van der Waals surface area contributed by atoms with Gasteiger partial charge in [0.2, 0.25) is 0 Å². The third-order valence-corrected chi connectivity index (χ3v) is 6.76. The molecule has 21 heavy (non-hydrogen) atoms. The number of hydrogen-bond acceptors (Lipinski definition) is 5. The largest absolute Gasteiger partial charge is 0.433 e. The predicted molar refractivity (Wildman–Crippen MR) is 70.1 cm³/mol. The summed E-state index contributed by atoms with van der Waals surface area (Å²) in [7, 11) is -10.9. The summed E-state index contributed by atoms with van der Waals surface area (Å²) in [6, 6.07) is 0. The van der Waals surface area contributed by atoms with E-state index in [1.807, 2.05) is 0 Å². The average Bonchev–Trinajstić information content (AvgIpc) is 2.83. The molecule has 0 amide bonds. The number of carbonyl (C=O) groups is 1. The molecule has 0 saturated heterocycles. The van der Waals surface area contributed by atoms with Gasteiger partial charge in [0.1, 0.15) is 0 Å². The van der Waals surface area contributed by atoms with Gasteiger partial charge in [0.15, 0.2) is 0 Å². The van der Waals surface area contributed by atoms with E-state index in [0.717, 1.165) is 0 Å². The van der Waals surface area contributed by atoms with Crippen LogP contribution in [-0.4, -0.2) is 40.6 Å². The van der Waals surface area contributed by atoms with Gasteiger partial charge in [-0.05, 0) is 6.42 Å². The fraction of sp³-hybridized carbons (Fsp3) is 0.556. The number of H-pyrrole nitrogens is 1. The minimum absolute atomic E-state index is 0.173. The molecule has 1 heterocycles. The van der Waals surface area contributed by atoms with Gasteiger partial charge in [-0.15, -0.1) is 0 Å². The number of imidazole rings is 1. The quantitative estimate of drug-likeness (QED) is 0.345. The molecule has 0 atom stereocenters. The molecule has 120 valence electrons. The van der Waals surface area contributed by atoms with Crippen molar-refractivity contribution >= 4 is 21.2 Å². The molecule has 0 unspecified atom stereocenters. The van der Waals surface area contributed by atoms with E-state index in [1.54, 1.807) is 0 Å². The van der Waals surface area contributed by atoms with Crippen LogP contribution in [0.5, 0.6) is 0 Å². The van der Waals surface area contributed by atoms with E-state index in [4.69, 9.17) is 0 Å². The zero-order chi connectivity index (χ0) is 16.3. The van der Waals surface area contributed by atoms with Gasteiger partial charge >= 0.3 is 26.2 Å². The highest BCUT2D eigenvalue weighted by Crippen LogP contribution is 2.71. The van der Waals surface area contributed by atoms with Crippen LogP contribution in [-0.2, 0) is 25.1 Å². The van der Waals surface area contributed by atoms with E-state index in [9.17, 15) is 33.5 Å². The Hall–Kier alpha value is -1.02. The first-order valence-electron chi connectivity index (χ1n) is 5.84. The maximum Gasteiger partial charge on any atom is 0.381 e. The Bertz CT molecular complexity index is 553. The van der Waals surface area contributed by atoms with Crippen molar-refractivity contribution in [3.8, 4) is 0 Å². The second kappa shape index (κ2) is 6.39. The Kier molecular flexibility index (Phi) is 5.49. The van der Waals surface area contributed by atoms with Crippen molar-refractivity contribution < 1.29 is 38.2 Å². The molecule has 0 aliphatic carbocycles. The van der Waals surface area contributed by atoms with Crippen molar-refractivity contribution in [2.24, 2.45) is 0 Å². The molecule has 10 nitrogen and oxygen atoms in total. The van der Waals surface area contributed by atoms with Crippen LogP contribution < -0.4 is 0 Å². The molecule has 0 radical (unpaired) electrons. The molecule has 0 spiro atoms. The molecule has 0 aromatic carbocycles. The Balaban J connectivity index is 3.20. The number of ether oxygens (including phenoxy) is 1. The van der Waals surface area contributed by atoms with Crippen molar-refractivity contribution in [1.29, 1.82) is 0 Å². The number of nitrogens with one attached hydrogen (secondary N) is 1. The van der Waals surface area contributed by atoms with Crippen LogP contribution in [0.15, 0.2) is 12.5 Å². The average molecular weight is 342 g/mol. The molecule has 5 N–H and O–H groups in total. The first-order valence-corrected chi connectivity index (χ1v) is 9.06. The first-order chi connectivity index (χ1) is 9.53. The highest BCUT2D eigenvalue weighted by molar-refractivity contribution is 7.72. The van der Waals surface area contributed by atoms with E-state index in [2.05, 4.69) is 14.7 Å². The SMILES string of the molecule is CCC(=O)OC(CCc1cnc[nH]1)(P(=O)(O)O)P(=O)(O)O. The summed E-state index contributed by atoms with van der Waals surface area (Å²) >= 11 is 0. The molecular weight excluding hydrogens is 326 g/mol. The minimum Gasteiger partial charge on any atom is -0.433 e. The number of aromatic nitrogens is 2. The maximum absolute atomic E-state index is 11.6. The highest BCUT2D eigenvalue weighted by Gasteiger charge is 2.63. The third-order valence-electron chi connectivity index (χ3n) is 2.75. The second-order valence-corrected chi connectivity index (χ2v) is 8.21. The van der Waals surface area contributed by atoms with Gasteiger partial charge in [-0.1, -0.05) is 6.92 Å². The normalized spacial score (nSPS) is 13.2. The first kappa shape index (κ1) is 18.0. The maximum atomic E-state index is 11.6. The molecule has 0 aliphatic rings. The molecule has 1 rings (SSSR count). The van der Waals surface area contributed by atoms with E-state index in [0.29, 0.717) is 5.69 Å². The smallest absolute Gasteiger partial charge is 0.381 e. The zero-order valence-electron chi connectivity index (χ0n) is 11.0. The lowest BCUT2D eigenvalue weighted by Gasteiger charge is -2.33. The lowest BCUT2D eigenvalue weighted by Crippen LogP contribution is -2.35. The molecule has 12 heteroatoms. The van der Waals surface area contributed by atoms with Crippen LogP contribution in [0, 0.1) is 0 Å². The molecule has 0 aliphatic heterocycles. The van der Waals surface area contributed by atoms with Gasteiger partial charge in [0.05, 0.1) is 6.33 Å². The monoisotopic (exact) mass is 342 g/mol. The van der Waals surface area contributed by atoms with Gasteiger partial charge in [0.25, 0.3) is 0 Å². The number of hydrogen-bond donors (Lipinski definition) is 5. The predicted octanol–water partition coefficient (Wildman–Crippen LogP) is 0.305. The van der Waals surface area contributed by atoms with E-state index in [1.165, 1.54) is 19.4 Å². The fourth-order valence-electron chi connectivity index (χ4n) is 1.60. The molecule has 0 saturated carbocycles. The summed E-state index contributed by atoms with van der Waals surface area (Å²) in [4.78, 5) is 55.1. The van der Waals surface area contributed by atoms with E-state index >= 15 is 0 Å². The number of carbonyl (C=O) groups excluding carboxylic acids is 1. The van der Waals surface area contributed by atoms with Crippen molar-refractivity contribution in [2.75, 3.05) is 0 Å². The third kappa shape index (κ3) is 4.00. The van der Waals surface area contributed by atoms with Crippen LogP contribution in [0.3, 0.4) is 0 Å². The summed E-state index contributed by atoms with van der Waals surface area (Å²) < 4.78 is 27.7. The van der Waals surface area contributed by atoms with Crippen molar-refractivity contribution in [1.82, 2.24) is 9.97 Å². The standard InChI is InChI=1S/C9H16N2O8P2/c1-2-8(12)19-9(20(13,14)15,21(16,17)18)4-3-7-5-10-6-11-7/h5-6H,2-4H2,1H3,(H,10,11)(H2,13,14,15)(H2,16,17,18). The Morgan fingerprint density at radius 3 is 2.29 bits per heavy atom. The van der Waals surface area contributed by atoms with E-state index < -0.39 is 32.7 Å². The van der Waals surface area contributed by atoms with Gasteiger partial charge in [-0.2, -0.15) is 0 Å². The number of rotatable bonds is 7. The number of nitrogens with zero attached hydrogens (tertiary/aromatic N) is 1. The molecule has 0 bridgehead atoms. The summed E-state index contributed by atoms with van der Waals surface area (Å²) in [6.07, 6.45) is 1.41. The van der Waals surface area contributed by atoms with Crippen LogP contribution in [0.25, 0.3) is 0 Å². The van der Waals surface area contributed by atoms with Gasteiger partial charge in [-0.25, -0.2) is 4.98 Å². The molecule has 0 fully saturated rings. The number of aryl methyl sites for hydroxylation is 1. The summed E-state index contributed by atoms with van der Waals surface area (Å²) in [5.41, 5.74) is 0.383. The van der Waals surface area contributed by atoms with Crippen LogP contribution in [0.2, 0.25) is 0 Å². The molecular formula is C9H16N2O8P2. The van der Waals surface area contributed by atoms with Crippen LogP contribution >= 0.6 is 15.2 Å². The molecule has 1 aromatic heterocycles. The Morgan fingerprint density at radius 1 is 1.33 bits per heavy atom. The Labute approximate surface area is 119 Å². The number of aromatic amines is 1. The van der Waals surface area contributed by atoms with Crippen LogP contribution in [0.4, 0.5) is 0 Å².